The molecule has 0 saturated carbocycles. The molecule has 1 aliphatic heterocycles. The van der Waals surface area contributed by atoms with Crippen LogP contribution in [0.4, 0.5) is 4.79 Å². The van der Waals surface area contributed by atoms with Crippen LogP contribution in [0.5, 0.6) is 0 Å². The Bertz CT molecular complexity index is 449. The molecule has 1 aromatic rings. The molecule has 6 nitrogen and oxygen atoms in total. The molecule has 18 heavy (non-hydrogen) atoms. The number of nitrogens with one attached hydrogen (secondary N) is 1. The number of hydrogen-bond donors (Lipinski definition) is 2. The molecule has 2 N–H and O–H groups in total. The Kier molecular flexibility index (Phi) is 3.45. The van der Waals surface area contributed by atoms with Gasteiger partial charge in [-0.3, -0.25) is 9.78 Å². The lowest BCUT2D eigenvalue weighted by Crippen LogP contribution is -2.34. The van der Waals surface area contributed by atoms with Crippen LogP contribution < -0.4 is 5.32 Å². The lowest BCUT2D eigenvalue weighted by Gasteiger charge is -2.17. The average molecular weight is 249 g/mol. The van der Waals surface area contributed by atoms with Gasteiger partial charge in [0.15, 0.2) is 0 Å². The van der Waals surface area contributed by atoms with Gasteiger partial charge in [-0.25, -0.2) is 4.79 Å². The molecule has 2 unspecified atom stereocenters. The maximum Gasteiger partial charge on any atom is 0.318 e. The summed E-state index contributed by atoms with van der Waals surface area (Å²) in [6, 6.07) is 3.37. The first-order chi connectivity index (χ1) is 8.58. The average Bonchev–Trinajstić information content (AvgIpc) is 2.72. The minimum absolute atomic E-state index is 0.0958. The van der Waals surface area contributed by atoms with Crippen molar-refractivity contribution < 1.29 is 14.7 Å². The summed E-state index contributed by atoms with van der Waals surface area (Å²) in [4.78, 5) is 28.0. The van der Waals surface area contributed by atoms with E-state index < -0.39 is 11.9 Å². The van der Waals surface area contributed by atoms with Crippen LogP contribution >= 0.6 is 0 Å². The minimum Gasteiger partial charge on any atom is -0.481 e. The lowest BCUT2D eigenvalue weighted by atomic mass is 10.1. The molecule has 96 valence electrons. The van der Waals surface area contributed by atoms with E-state index in [0.29, 0.717) is 6.54 Å². The van der Waals surface area contributed by atoms with Crippen LogP contribution in [0.25, 0.3) is 0 Å². The van der Waals surface area contributed by atoms with Crippen molar-refractivity contribution in [1.82, 2.24) is 15.2 Å². The number of amides is 2. The first-order valence-corrected chi connectivity index (χ1v) is 5.76. The van der Waals surface area contributed by atoms with Crippen LogP contribution in [0.15, 0.2) is 24.5 Å². The van der Waals surface area contributed by atoms with E-state index in [4.69, 9.17) is 5.11 Å². The zero-order valence-electron chi connectivity index (χ0n) is 10.0. The number of urea groups is 1. The molecule has 2 amide bonds. The van der Waals surface area contributed by atoms with Crippen LogP contribution in [0.1, 0.15) is 18.5 Å². The third-order valence-corrected chi connectivity index (χ3v) is 3.01. The van der Waals surface area contributed by atoms with Crippen molar-refractivity contribution in [3.63, 3.8) is 0 Å². The number of rotatable bonds is 4. The second kappa shape index (κ2) is 5.03. The van der Waals surface area contributed by atoms with E-state index in [1.807, 2.05) is 12.1 Å². The van der Waals surface area contributed by atoms with Gasteiger partial charge in [0.05, 0.1) is 12.0 Å². The summed E-state index contributed by atoms with van der Waals surface area (Å²) in [5, 5.41) is 11.7. The third-order valence-electron chi connectivity index (χ3n) is 3.01. The van der Waals surface area contributed by atoms with Gasteiger partial charge >= 0.3 is 12.0 Å². The van der Waals surface area contributed by atoms with Crippen LogP contribution in [0.2, 0.25) is 0 Å². The van der Waals surface area contributed by atoms with Gasteiger partial charge in [-0.05, 0) is 17.7 Å². The zero-order valence-corrected chi connectivity index (χ0v) is 10.0. The van der Waals surface area contributed by atoms with Crippen LogP contribution in [-0.2, 0) is 4.79 Å². The molecule has 0 radical (unpaired) electrons. The number of nitrogens with zero attached hydrogens (tertiary/aromatic N) is 2. The Morgan fingerprint density at radius 1 is 1.61 bits per heavy atom. The van der Waals surface area contributed by atoms with Crippen LogP contribution in [0, 0.1) is 5.92 Å². The molecule has 2 rings (SSSR count). The molecule has 1 saturated heterocycles. The van der Waals surface area contributed by atoms with Crippen molar-refractivity contribution in [1.29, 1.82) is 0 Å². The van der Waals surface area contributed by atoms with E-state index in [2.05, 4.69) is 10.3 Å². The van der Waals surface area contributed by atoms with Gasteiger partial charge in [-0.2, -0.15) is 0 Å². The Labute approximate surface area is 105 Å². The van der Waals surface area contributed by atoms with E-state index >= 15 is 0 Å². The monoisotopic (exact) mass is 249 g/mol. The summed E-state index contributed by atoms with van der Waals surface area (Å²) in [7, 11) is 0. The number of carbonyl (C=O) groups is 2. The van der Waals surface area contributed by atoms with Gasteiger partial charge in [0.25, 0.3) is 0 Å². The van der Waals surface area contributed by atoms with Gasteiger partial charge in [-0.15, -0.1) is 0 Å². The smallest absolute Gasteiger partial charge is 0.318 e. The van der Waals surface area contributed by atoms with Crippen molar-refractivity contribution >= 4 is 12.0 Å². The van der Waals surface area contributed by atoms with Gasteiger partial charge in [0.1, 0.15) is 0 Å². The Morgan fingerprint density at radius 2 is 2.28 bits per heavy atom. The molecule has 6 heteroatoms. The zero-order chi connectivity index (χ0) is 13.1. The molecule has 0 aliphatic carbocycles. The molecule has 1 aromatic heterocycles. The van der Waals surface area contributed by atoms with Crippen molar-refractivity contribution in [2.24, 2.45) is 5.92 Å². The lowest BCUT2D eigenvalue weighted by molar-refractivity contribution is -0.141. The van der Waals surface area contributed by atoms with E-state index in [1.165, 1.54) is 4.90 Å². The molecule has 0 bridgehead atoms. The molecule has 0 aromatic carbocycles. The molecule has 0 spiro atoms. The maximum atomic E-state index is 11.7. The minimum atomic E-state index is -0.893. The largest absolute Gasteiger partial charge is 0.481 e. The standard InChI is InChI=1S/C12H15N3O3/c1-8(11(16)17)6-15-7-10(14-12(15)18)9-2-4-13-5-3-9/h2-5,8,10H,6-7H2,1H3,(H,14,18)(H,16,17). The van der Waals surface area contributed by atoms with Crippen molar-refractivity contribution in [3.05, 3.63) is 30.1 Å². The number of carbonyl (C=O) groups excluding carboxylic acids is 1. The van der Waals surface area contributed by atoms with Crippen LogP contribution in [0.3, 0.4) is 0 Å². The second-order valence-electron chi connectivity index (χ2n) is 4.43. The fourth-order valence-corrected chi connectivity index (χ4v) is 1.94. The first kappa shape index (κ1) is 12.3. The second-order valence-corrected chi connectivity index (χ2v) is 4.43. The first-order valence-electron chi connectivity index (χ1n) is 5.76. The number of carboxylic acids is 1. The highest BCUT2D eigenvalue weighted by Crippen LogP contribution is 2.20. The third kappa shape index (κ3) is 2.58. The SMILES string of the molecule is CC(CN1CC(c2ccncc2)NC1=O)C(=O)O. The summed E-state index contributed by atoms with van der Waals surface area (Å²) >= 11 is 0. The Morgan fingerprint density at radius 3 is 2.89 bits per heavy atom. The van der Waals surface area contributed by atoms with E-state index in [1.54, 1.807) is 19.3 Å². The molecule has 2 atom stereocenters. The summed E-state index contributed by atoms with van der Waals surface area (Å²) in [6.45, 7) is 2.30. The van der Waals surface area contributed by atoms with E-state index in [0.717, 1.165) is 5.56 Å². The number of pyridine rings is 1. The van der Waals surface area contributed by atoms with Gasteiger partial charge in [-0.1, -0.05) is 6.92 Å². The van der Waals surface area contributed by atoms with E-state index in [9.17, 15) is 9.59 Å². The fraction of sp³-hybridized carbons (Fsp3) is 0.417. The number of carboxylic acid groups (broad SMARTS) is 1. The number of hydrogen-bond acceptors (Lipinski definition) is 3. The summed E-state index contributed by atoms with van der Waals surface area (Å²) in [5.74, 6) is -1.46. The molecular weight excluding hydrogens is 234 g/mol. The normalized spacial score (nSPS) is 20.6. The fourth-order valence-electron chi connectivity index (χ4n) is 1.94. The van der Waals surface area contributed by atoms with Crippen molar-refractivity contribution in [2.45, 2.75) is 13.0 Å². The van der Waals surface area contributed by atoms with Crippen LogP contribution in [-0.4, -0.2) is 40.1 Å². The topological polar surface area (TPSA) is 82.5 Å². The highest BCUT2D eigenvalue weighted by Gasteiger charge is 2.31. The number of aromatic nitrogens is 1. The Balaban J connectivity index is 2.01. The summed E-state index contributed by atoms with van der Waals surface area (Å²) in [5.41, 5.74) is 0.976. The molecular formula is C12H15N3O3. The van der Waals surface area contributed by atoms with E-state index in [-0.39, 0.29) is 18.6 Å². The summed E-state index contributed by atoms with van der Waals surface area (Å²) in [6.07, 6.45) is 3.34. The van der Waals surface area contributed by atoms with Gasteiger partial charge in [0, 0.05) is 25.5 Å². The quantitative estimate of drug-likeness (QED) is 0.829. The Hall–Kier alpha value is -2.11. The van der Waals surface area contributed by atoms with Crippen molar-refractivity contribution in [3.8, 4) is 0 Å². The molecule has 1 fully saturated rings. The van der Waals surface area contributed by atoms with Gasteiger partial charge in [0.2, 0.25) is 0 Å². The predicted octanol–water partition coefficient (Wildman–Crippen LogP) is 0.869. The molecule has 1 aliphatic rings. The predicted molar refractivity (Wildman–Crippen MR) is 63.9 cm³/mol. The molecule has 2 heterocycles. The highest BCUT2D eigenvalue weighted by molar-refractivity contribution is 5.78. The van der Waals surface area contributed by atoms with Gasteiger partial charge < -0.3 is 15.3 Å². The number of aliphatic carboxylic acids is 1. The maximum absolute atomic E-state index is 11.7. The highest BCUT2D eigenvalue weighted by atomic mass is 16.4. The summed E-state index contributed by atoms with van der Waals surface area (Å²) < 4.78 is 0. The van der Waals surface area contributed by atoms with Crippen molar-refractivity contribution in [2.75, 3.05) is 13.1 Å².